The minimum absolute atomic E-state index is 0.108. The van der Waals surface area contributed by atoms with Crippen molar-refractivity contribution in [3.05, 3.63) is 35.8 Å². The molecule has 0 bridgehead atoms. The third-order valence-corrected chi connectivity index (χ3v) is 9.24. The van der Waals surface area contributed by atoms with Crippen molar-refractivity contribution in [1.82, 2.24) is 0 Å². The molecule has 0 amide bonds. The Bertz CT molecular complexity index is 782. The van der Waals surface area contributed by atoms with Crippen LogP contribution in [-0.2, 0) is 6.61 Å². The number of unbranched alkanes of at least 4 members (excludes halogenated alkanes) is 23. The fourth-order valence-corrected chi connectivity index (χ4v) is 6.28. The number of Topliss-reactive ketones (excluding diaryl/α,β-unsaturated/α-hetero) is 1. The summed E-state index contributed by atoms with van der Waals surface area (Å²) in [6.07, 6.45) is 38.6. The highest BCUT2D eigenvalue weighted by Crippen LogP contribution is 2.25. The van der Waals surface area contributed by atoms with Gasteiger partial charge in [0.1, 0.15) is 12.4 Å². The molecule has 1 heterocycles. The van der Waals surface area contributed by atoms with E-state index in [0.717, 1.165) is 25.7 Å². The molecule has 0 aliphatic rings. The molecule has 0 aromatic carbocycles. The van der Waals surface area contributed by atoms with Crippen molar-refractivity contribution < 1.29 is 19.4 Å². The van der Waals surface area contributed by atoms with E-state index in [1.165, 1.54) is 141 Å². The standard InChI is InChI=1S/C40H72O4/c1-3-5-7-9-11-13-15-17-18-20-22-24-26-28-30-32-38(42)37(40(43)39-34-33-36(35-41)44-39)31-29-27-25-23-21-19-16-14-12-10-8-6-4-2/h17-18,33-34,37-38,41-42H,3-16,19-32,35H2,1-2H3/b18-17-. The second-order valence-corrected chi connectivity index (χ2v) is 13.4. The molecule has 1 aromatic heterocycles. The van der Waals surface area contributed by atoms with Gasteiger partial charge in [-0.1, -0.05) is 167 Å². The summed E-state index contributed by atoms with van der Waals surface area (Å²) in [7, 11) is 0. The van der Waals surface area contributed by atoms with Crippen LogP contribution in [-0.4, -0.2) is 22.1 Å². The molecule has 4 nitrogen and oxygen atoms in total. The van der Waals surface area contributed by atoms with Crippen LogP contribution in [0.1, 0.15) is 210 Å². The quantitative estimate of drug-likeness (QED) is 0.0468. The number of hydrogen-bond donors (Lipinski definition) is 2. The van der Waals surface area contributed by atoms with Crippen LogP contribution >= 0.6 is 0 Å². The zero-order valence-corrected chi connectivity index (χ0v) is 29.2. The maximum atomic E-state index is 13.3. The van der Waals surface area contributed by atoms with E-state index in [9.17, 15) is 15.0 Å². The number of hydrogen-bond acceptors (Lipinski definition) is 4. The molecule has 0 saturated carbocycles. The zero-order valence-electron chi connectivity index (χ0n) is 29.2. The highest BCUT2D eigenvalue weighted by molar-refractivity contribution is 5.95. The number of carbonyl (C=O) groups excluding carboxylic acids is 1. The van der Waals surface area contributed by atoms with Gasteiger partial charge >= 0.3 is 0 Å². The second kappa shape index (κ2) is 30.3. The summed E-state index contributed by atoms with van der Waals surface area (Å²) >= 11 is 0. The van der Waals surface area contributed by atoms with E-state index in [1.807, 2.05) is 0 Å². The Morgan fingerprint density at radius 2 is 1.02 bits per heavy atom. The van der Waals surface area contributed by atoms with Crippen LogP contribution in [0.25, 0.3) is 0 Å². The summed E-state index contributed by atoms with van der Waals surface area (Å²) in [5.41, 5.74) is 0. The van der Waals surface area contributed by atoms with Crippen molar-refractivity contribution >= 4 is 5.78 Å². The number of ketones is 1. The van der Waals surface area contributed by atoms with E-state index in [1.54, 1.807) is 12.1 Å². The molecule has 0 spiro atoms. The molecule has 0 fully saturated rings. The van der Waals surface area contributed by atoms with Crippen LogP contribution in [0.3, 0.4) is 0 Å². The van der Waals surface area contributed by atoms with E-state index >= 15 is 0 Å². The third-order valence-electron chi connectivity index (χ3n) is 9.24. The van der Waals surface area contributed by atoms with Crippen LogP contribution in [0.5, 0.6) is 0 Å². The molecule has 4 heteroatoms. The molecule has 0 aliphatic heterocycles. The van der Waals surface area contributed by atoms with Gasteiger partial charge in [-0.05, 0) is 50.7 Å². The van der Waals surface area contributed by atoms with Gasteiger partial charge in [0, 0.05) is 0 Å². The second-order valence-electron chi connectivity index (χ2n) is 13.4. The number of furan rings is 1. The lowest BCUT2D eigenvalue weighted by molar-refractivity contribution is 0.0587. The molecule has 44 heavy (non-hydrogen) atoms. The number of aliphatic hydroxyl groups is 2. The molecular formula is C40H72O4. The largest absolute Gasteiger partial charge is 0.456 e. The Hall–Kier alpha value is -1.39. The average molecular weight is 617 g/mol. The van der Waals surface area contributed by atoms with E-state index in [4.69, 9.17) is 4.42 Å². The first-order chi connectivity index (χ1) is 21.6. The van der Waals surface area contributed by atoms with Crippen molar-refractivity contribution in [1.29, 1.82) is 0 Å². The third kappa shape index (κ3) is 22.2. The van der Waals surface area contributed by atoms with Gasteiger partial charge in [0.05, 0.1) is 12.0 Å². The molecular weight excluding hydrogens is 544 g/mol. The number of aliphatic hydroxyl groups excluding tert-OH is 2. The Balaban J connectivity index is 2.24. The lowest BCUT2D eigenvalue weighted by Gasteiger charge is -2.21. The lowest BCUT2D eigenvalue weighted by atomic mass is 9.87. The van der Waals surface area contributed by atoms with Gasteiger partial charge in [-0.2, -0.15) is 0 Å². The Labute approximate surface area is 272 Å². The predicted octanol–water partition coefficient (Wildman–Crippen LogP) is 12.5. The maximum Gasteiger partial charge on any atom is 0.203 e. The van der Waals surface area contributed by atoms with Crippen molar-refractivity contribution in [2.45, 2.75) is 206 Å². The van der Waals surface area contributed by atoms with Crippen molar-refractivity contribution in [2.75, 3.05) is 0 Å². The fraction of sp³-hybridized carbons (Fsp3) is 0.825. The molecule has 2 unspecified atom stereocenters. The van der Waals surface area contributed by atoms with Gasteiger partial charge in [-0.15, -0.1) is 0 Å². The first-order valence-electron chi connectivity index (χ1n) is 19.2. The Morgan fingerprint density at radius 1 is 0.614 bits per heavy atom. The van der Waals surface area contributed by atoms with Crippen molar-refractivity contribution in [3.63, 3.8) is 0 Å². The summed E-state index contributed by atoms with van der Waals surface area (Å²) in [5.74, 6) is 0.151. The summed E-state index contributed by atoms with van der Waals surface area (Å²) in [6.45, 7) is 4.33. The van der Waals surface area contributed by atoms with Crippen LogP contribution in [0.4, 0.5) is 0 Å². The van der Waals surface area contributed by atoms with Crippen molar-refractivity contribution in [2.24, 2.45) is 5.92 Å². The van der Waals surface area contributed by atoms with E-state index in [0.29, 0.717) is 18.6 Å². The van der Waals surface area contributed by atoms with Gasteiger partial charge in [0.2, 0.25) is 5.78 Å². The Kier molecular flexibility index (Phi) is 28.0. The molecule has 256 valence electrons. The van der Waals surface area contributed by atoms with Gasteiger partial charge in [-0.25, -0.2) is 0 Å². The first-order valence-corrected chi connectivity index (χ1v) is 19.2. The van der Waals surface area contributed by atoms with Crippen LogP contribution in [0.15, 0.2) is 28.7 Å². The average Bonchev–Trinajstić information content (AvgIpc) is 3.52. The minimum atomic E-state index is -0.632. The Morgan fingerprint density at radius 3 is 1.45 bits per heavy atom. The van der Waals surface area contributed by atoms with Gasteiger partial charge in [-0.3, -0.25) is 4.79 Å². The van der Waals surface area contributed by atoms with Crippen LogP contribution in [0.2, 0.25) is 0 Å². The minimum Gasteiger partial charge on any atom is -0.456 e. The smallest absolute Gasteiger partial charge is 0.203 e. The lowest BCUT2D eigenvalue weighted by Crippen LogP contribution is -2.28. The molecule has 0 saturated heterocycles. The van der Waals surface area contributed by atoms with Gasteiger partial charge in [0.15, 0.2) is 5.76 Å². The SMILES string of the molecule is CCCCCCCC/C=C\CCCCCCCC(O)C(CCCCCCCCCCCCCCC)C(=O)c1ccc(CO)o1. The molecule has 1 rings (SSSR count). The van der Waals surface area contributed by atoms with Gasteiger partial charge < -0.3 is 14.6 Å². The number of carbonyl (C=O) groups is 1. The molecule has 1 aromatic rings. The monoisotopic (exact) mass is 617 g/mol. The van der Waals surface area contributed by atoms with E-state index in [-0.39, 0.29) is 18.2 Å². The molecule has 0 aliphatic carbocycles. The molecule has 0 radical (unpaired) electrons. The summed E-state index contributed by atoms with van der Waals surface area (Å²) in [5, 5.41) is 20.4. The summed E-state index contributed by atoms with van der Waals surface area (Å²) in [4.78, 5) is 13.3. The molecule has 2 atom stereocenters. The number of allylic oxidation sites excluding steroid dienone is 2. The van der Waals surface area contributed by atoms with Crippen LogP contribution < -0.4 is 0 Å². The van der Waals surface area contributed by atoms with Crippen LogP contribution in [0, 0.1) is 5.92 Å². The van der Waals surface area contributed by atoms with Gasteiger partial charge in [0.25, 0.3) is 0 Å². The zero-order chi connectivity index (χ0) is 31.9. The predicted molar refractivity (Wildman–Crippen MR) is 188 cm³/mol. The van der Waals surface area contributed by atoms with E-state index in [2.05, 4.69) is 26.0 Å². The van der Waals surface area contributed by atoms with E-state index < -0.39 is 12.0 Å². The summed E-state index contributed by atoms with van der Waals surface area (Å²) < 4.78 is 5.56. The first kappa shape index (κ1) is 40.6. The highest BCUT2D eigenvalue weighted by Gasteiger charge is 2.29. The fourth-order valence-electron chi connectivity index (χ4n) is 6.28. The topological polar surface area (TPSA) is 70.7 Å². The maximum absolute atomic E-state index is 13.3. The normalized spacial score (nSPS) is 13.2. The highest BCUT2D eigenvalue weighted by atomic mass is 16.4. The number of rotatable bonds is 33. The summed E-state index contributed by atoms with van der Waals surface area (Å²) in [6, 6.07) is 3.31. The van der Waals surface area contributed by atoms with Crippen molar-refractivity contribution in [3.8, 4) is 0 Å². The molecule has 2 N–H and O–H groups in total.